The Hall–Kier alpha value is -3.11. The second kappa shape index (κ2) is 6.65. The van der Waals surface area contributed by atoms with E-state index in [2.05, 4.69) is 16.5 Å². The van der Waals surface area contributed by atoms with E-state index >= 15 is 0 Å². The molecule has 26 heavy (non-hydrogen) atoms. The molecule has 3 aromatic rings. The van der Waals surface area contributed by atoms with Gasteiger partial charge in [-0.3, -0.25) is 4.79 Å². The van der Waals surface area contributed by atoms with Crippen molar-refractivity contribution < 1.29 is 14.1 Å². The predicted molar refractivity (Wildman–Crippen MR) is 97.5 cm³/mol. The molecule has 1 amide bonds. The Balaban J connectivity index is 1.55. The van der Waals surface area contributed by atoms with Crippen molar-refractivity contribution >= 4 is 22.2 Å². The van der Waals surface area contributed by atoms with Gasteiger partial charge in [-0.1, -0.05) is 5.16 Å². The monoisotopic (exact) mass is 365 g/mol. The standard InChI is InChI=1S/C19H15N3O3S/c1-24-12-7-5-11(6-8-12)16-9-15(22-25-16)18(23)21-19-14(10-20)13-3-2-4-17(13)26-19/h5-9H,2-4H2,1H3,(H,21,23). The van der Waals surface area contributed by atoms with Crippen molar-refractivity contribution in [3.05, 3.63) is 52.0 Å². The number of rotatable bonds is 4. The first-order chi connectivity index (χ1) is 12.7. The molecule has 0 radical (unpaired) electrons. The number of carbonyl (C=O) groups excluding carboxylic acids is 1. The van der Waals surface area contributed by atoms with E-state index in [1.807, 2.05) is 24.3 Å². The van der Waals surface area contributed by atoms with E-state index < -0.39 is 0 Å². The number of anilines is 1. The maximum atomic E-state index is 12.5. The van der Waals surface area contributed by atoms with E-state index in [9.17, 15) is 10.1 Å². The summed E-state index contributed by atoms with van der Waals surface area (Å²) in [7, 11) is 1.60. The number of benzene rings is 1. The van der Waals surface area contributed by atoms with Crippen LogP contribution in [0.15, 0.2) is 34.9 Å². The summed E-state index contributed by atoms with van der Waals surface area (Å²) in [6.07, 6.45) is 2.94. The van der Waals surface area contributed by atoms with Crippen LogP contribution in [0.4, 0.5) is 5.00 Å². The average Bonchev–Trinajstić information content (AvgIpc) is 3.37. The third-order valence-corrected chi connectivity index (χ3v) is 5.58. The first-order valence-electron chi connectivity index (χ1n) is 8.16. The summed E-state index contributed by atoms with van der Waals surface area (Å²) < 4.78 is 10.4. The first-order valence-corrected chi connectivity index (χ1v) is 8.98. The highest BCUT2D eigenvalue weighted by atomic mass is 32.1. The molecule has 0 aliphatic heterocycles. The zero-order valence-corrected chi connectivity index (χ0v) is 14.9. The maximum Gasteiger partial charge on any atom is 0.278 e. The second-order valence-electron chi connectivity index (χ2n) is 5.93. The molecule has 7 heteroatoms. The minimum Gasteiger partial charge on any atom is -0.497 e. The Morgan fingerprint density at radius 2 is 2.15 bits per heavy atom. The van der Waals surface area contributed by atoms with Gasteiger partial charge in [0.1, 0.15) is 16.8 Å². The van der Waals surface area contributed by atoms with E-state index in [1.165, 1.54) is 16.2 Å². The van der Waals surface area contributed by atoms with Gasteiger partial charge in [-0.15, -0.1) is 11.3 Å². The molecule has 0 saturated carbocycles. The second-order valence-corrected chi connectivity index (χ2v) is 7.04. The smallest absolute Gasteiger partial charge is 0.278 e. The molecule has 1 N–H and O–H groups in total. The zero-order valence-electron chi connectivity index (χ0n) is 14.0. The molecule has 2 aromatic heterocycles. The number of methoxy groups -OCH3 is 1. The Morgan fingerprint density at radius 3 is 2.88 bits per heavy atom. The third-order valence-electron chi connectivity index (χ3n) is 4.38. The van der Waals surface area contributed by atoms with Crippen LogP contribution in [0.5, 0.6) is 5.75 Å². The molecule has 0 bridgehead atoms. The minimum absolute atomic E-state index is 0.174. The Labute approximate surface area is 154 Å². The largest absolute Gasteiger partial charge is 0.497 e. The molecule has 2 heterocycles. The van der Waals surface area contributed by atoms with Crippen molar-refractivity contribution in [2.24, 2.45) is 0 Å². The van der Waals surface area contributed by atoms with E-state index in [0.29, 0.717) is 16.3 Å². The number of hydrogen-bond acceptors (Lipinski definition) is 6. The van der Waals surface area contributed by atoms with Crippen molar-refractivity contribution in [3.63, 3.8) is 0 Å². The van der Waals surface area contributed by atoms with E-state index in [1.54, 1.807) is 13.2 Å². The fourth-order valence-electron chi connectivity index (χ4n) is 3.05. The topological polar surface area (TPSA) is 88.1 Å². The van der Waals surface area contributed by atoms with Crippen molar-refractivity contribution in [1.82, 2.24) is 5.16 Å². The number of hydrogen-bond donors (Lipinski definition) is 1. The number of thiophene rings is 1. The van der Waals surface area contributed by atoms with Crippen LogP contribution in [-0.2, 0) is 12.8 Å². The summed E-state index contributed by atoms with van der Waals surface area (Å²) in [6, 6.07) is 11.1. The van der Waals surface area contributed by atoms with Gasteiger partial charge in [0.25, 0.3) is 5.91 Å². The van der Waals surface area contributed by atoms with E-state index in [0.717, 1.165) is 36.1 Å². The molecule has 1 aliphatic rings. The average molecular weight is 365 g/mol. The van der Waals surface area contributed by atoms with Crippen LogP contribution < -0.4 is 10.1 Å². The first kappa shape index (κ1) is 16.4. The van der Waals surface area contributed by atoms with Gasteiger partial charge in [-0.05, 0) is 49.1 Å². The molecule has 1 aromatic carbocycles. The van der Waals surface area contributed by atoms with Gasteiger partial charge in [-0.25, -0.2) is 0 Å². The lowest BCUT2D eigenvalue weighted by Gasteiger charge is -2.01. The fourth-order valence-corrected chi connectivity index (χ4v) is 4.29. The number of aromatic nitrogens is 1. The number of ether oxygens (including phenoxy) is 1. The van der Waals surface area contributed by atoms with Gasteiger partial charge < -0.3 is 14.6 Å². The third kappa shape index (κ3) is 2.85. The Morgan fingerprint density at radius 1 is 1.35 bits per heavy atom. The van der Waals surface area contributed by atoms with Gasteiger partial charge in [0.15, 0.2) is 11.5 Å². The van der Waals surface area contributed by atoms with Crippen LogP contribution in [0.3, 0.4) is 0 Å². The van der Waals surface area contributed by atoms with E-state index in [4.69, 9.17) is 9.26 Å². The highest BCUT2D eigenvalue weighted by molar-refractivity contribution is 7.16. The van der Waals surface area contributed by atoms with Crippen molar-refractivity contribution in [1.29, 1.82) is 5.26 Å². The number of fused-ring (bicyclic) bond motifs is 1. The van der Waals surface area contributed by atoms with Crippen molar-refractivity contribution in [2.75, 3.05) is 12.4 Å². The highest BCUT2D eigenvalue weighted by Gasteiger charge is 2.24. The van der Waals surface area contributed by atoms with Crippen LogP contribution >= 0.6 is 11.3 Å². The lowest BCUT2D eigenvalue weighted by atomic mass is 10.1. The Kier molecular flexibility index (Phi) is 4.19. The molecule has 0 atom stereocenters. The van der Waals surface area contributed by atoms with Gasteiger partial charge in [-0.2, -0.15) is 5.26 Å². The normalized spacial score (nSPS) is 12.5. The van der Waals surface area contributed by atoms with Crippen molar-refractivity contribution in [3.8, 4) is 23.1 Å². The molecule has 0 fully saturated rings. The molecular formula is C19H15N3O3S. The summed E-state index contributed by atoms with van der Waals surface area (Å²) in [5.41, 5.74) is 2.63. The van der Waals surface area contributed by atoms with Gasteiger partial charge in [0.05, 0.1) is 12.7 Å². The Bertz CT molecular complexity index is 1010. The number of amides is 1. The zero-order chi connectivity index (χ0) is 18.1. The van der Waals surface area contributed by atoms with Crippen LogP contribution in [0.2, 0.25) is 0 Å². The maximum absolute atomic E-state index is 12.5. The number of nitrogens with zero attached hydrogens (tertiary/aromatic N) is 2. The molecular weight excluding hydrogens is 350 g/mol. The number of nitriles is 1. The lowest BCUT2D eigenvalue weighted by molar-refractivity contribution is 0.101. The number of nitrogens with one attached hydrogen (secondary N) is 1. The van der Waals surface area contributed by atoms with E-state index in [-0.39, 0.29) is 11.6 Å². The molecule has 0 spiro atoms. The van der Waals surface area contributed by atoms with Gasteiger partial charge in [0, 0.05) is 16.5 Å². The highest BCUT2D eigenvalue weighted by Crippen LogP contribution is 2.38. The fraction of sp³-hybridized carbons (Fsp3) is 0.211. The molecule has 6 nitrogen and oxygen atoms in total. The summed E-state index contributed by atoms with van der Waals surface area (Å²) >= 11 is 1.48. The quantitative estimate of drug-likeness (QED) is 0.754. The van der Waals surface area contributed by atoms with Gasteiger partial charge >= 0.3 is 0 Å². The van der Waals surface area contributed by atoms with Crippen LogP contribution in [0.25, 0.3) is 11.3 Å². The summed E-state index contributed by atoms with van der Waals surface area (Å²) in [5.74, 6) is 0.845. The molecule has 1 aliphatic carbocycles. The summed E-state index contributed by atoms with van der Waals surface area (Å²) in [6.45, 7) is 0. The molecule has 130 valence electrons. The number of carbonyl (C=O) groups is 1. The summed E-state index contributed by atoms with van der Waals surface area (Å²) in [5, 5.41) is 16.7. The predicted octanol–water partition coefficient (Wildman–Crippen LogP) is 4.02. The van der Waals surface area contributed by atoms with Crippen LogP contribution in [0, 0.1) is 11.3 Å². The molecule has 0 unspecified atom stereocenters. The summed E-state index contributed by atoms with van der Waals surface area (Å²) in [4.78, 5) is 13.7. The minimum atomic E-state index is -0.384. The lowest BCUT2D eigenvalue weighted by Crippen LogP contribution is -2.12. The van der Waals surface area contributed by atoms with Gasteiger partial charge in [0.2, 0.25) is 0 Å². The SMILES string of the molecule is COc1ccc(-c2cc(C(=O)Nc3sc4c(c3C#N)CCC4)no2)cc1. The molecule has 0 saturated heterocycles. The van der Waals surface area contributed by atoms with Crippen LogP contribution in [0.1, 0.15) is 32.9 Å². The van der Waals surface area contributed by atoms with Crippen LogP contribution in [-0.4, -0.2) is 18.2 Å². The number of aryl methyl sites for hydroxylation is 1. The molecule has 4 rings (SSSR count). The van der Waals surface area contributed by atoms with Crippen molar-refractivity contribution in [2.45, 2.75) is 19.3 Å².